The Labute approximate surface area is 178 Å². The molecule has 0 saturated carbocycles. The van der Waals surface area contributed by atoms with Crippen LogP contribution in [0.4, 0.5) is 10.7 Å². The molecule has 0 fully saturated rings. The Morgan fingerprint density at radius 3 is 2.40 bits per heavy atom. The van der Waals surface area contributed by atoms with E-state index >= 15 is 0 Å². The number of benzene rings is 2. The van der Waals surface area contributed by atoms with Crippen LogP contribution in [0.25, 0.3) is 0 Å². The zero-order valence-electron chi connectivity index (χ0n) is 16.3. The van der Waals surface area contributed by atoms with Gasteiger partial charge in [0.2, 0.25) is 0 Å². The number of ether oxygens (including phenoxy) is 1. The fraction of sp³-hybridized carbons (Fsp3) is 0.143. The molecule has 1 heterocycles. The molecular weight excluding hydrogens is 424 g/mol. The summed E-state index contributed by atoms with van der Waals surface area (Å²) in [6, 6.07) is 15.9. The summed E-state index contributed by atoms with van der Waals surface area (Å²) in [7, 11) is -3.85. The highest BCUT2D eigenvalue weighted by Crippen LogP contribution is 2.29. The summed E-state index contributed by atoms with van der Waals surface area (Å²) >= 11 is 1.10. The van der Waals surface area contributed by atoms with Gasteiger partial charge >= 0.3 is 5.97 Å². The molecule has 2 aromatic carbocycles. The zero-order chi connectivity index (χ0) is 21.7. The fourth-order valence-corrected chi connectivity index (χ4v) is 4.76. The topological polar surface area (TPSA) is 102 Å². The average molecular weight is 445 g/mol. The molecule has 3 rings (SSSR count). The molecule has 0 aliphatic carbocycles. The molecule has 0 atom stereocenters. The summed E-state index contributed by atoms with van der Waals surface area (Å²) < 4.78 is 32.7. The number of hydrogen-bond donors (Lipinski definition) is 2. The van der Waals surface area contributed by atoms with Gasteiger partial charge in [-0.3, -0.25) is 9.52 Å². The first-order chi connectivity index (χ1) is 14.3. The van der Waals surface area contributed by atoms with Gasteiger partial charge < -0.3 is 10.1 Å². The van der Waals surface area contributed by atoms with Crippen LogP contribution in [-0.4, -0.2) is 26.9 Å². The van der Waals surface area contributed by atoms with E-state index in [2.05, 4.69) is 10.0 Å². The Kier molecular flexibility index (Phi) is 6.53. The third kappa shape index (κ3) is 4.87. The monoisotopic (exact) mass is 444 g/mol. The van der Waals surface area contributed by atoms with Crippen LogP contribution >= 0.6 is 11.3 Å². The lowest BCUT2D eigenvalue weighted by Crippen LogP contribution is -2.18. The van der Waals surface area contributed by atoms with Gasteiger partial charge in [-0.05, 0) is 49.7 Å². The SMILES string of the molecule is CCOC(=O)c1sc(NC(=O)c2ccccc2NS(=O)(=O)c2ccccc2)cc1C. The van der Waals surface area contributed by atoms with E-state index in [0.29, 0.717) is 15.4 Å². The maximum absolute atomic E-state index is 12.8. The van der Waals surface area contributed by atoms with Crippen LogP contribution in [0.1, 0.15) is 32.5 Å². The number of nitrogens with one attached hydrogen (secondary N) is 2. The van der Waals surface area contributed by atoms with E-state index in [1.165, 1.54) is 24.3 Å². The number of anilines is 2. The molecule has 0 saturated heterocycles. The molecule has 9 heteroatoms. The quantitative estimate of drug-likeness (QED) is 0.530. The first kappa shape index (κ1) is 21.5. The number of rotatable bonds is 7. The second-order valence-corrected chi connectivity index (χ2v) is 9.00. The van der Waals surface area contributed by atoms with E-state index in [4.69, 9.17) is 4.74 Å². The van der Waals surface area contributed by atoms with Crippen LogP contribution < -0.4 is 10.0 Å². The van der Waals surface area contributed by atoms with Crippen LogP contribution in [-0.2, 0) is 14.8 Å². The number of thiophene rings is 1. The minimum absolute atomic E-state index is 0.0909. The number of amides is 1. The number of carbonyl (C=O) groups is 2. The van der Waals surface area contributed by atoms with Crippen LogP contribution in [0, 0.1) is 6.92 Å². The molecule has 156 valence electrons. The largest absolute Gasteiger partial charge is 0.462 e. The minimum atomic E-state index is -3.85. The van der Waals surface area contributed by atoms with E-state index in [-0.39, 0.29) is 22.8 Å². The number of hydrogen-bond acceptors (Lipinski definition) is 6. The van der Waals surface area contributed by atoms with Gasteiger partial charge in [0.05, 0.1) is 27.8 Å². The molecule has 30 heavy (non-hydrogen) atoms. The summed E-state index contributed by atoms with van der Waals surface area (Å²) in [4.78, 5) is 25.3. The van der Waals surface area contributed by atoms with Gasteiger partial charge in [-0.25, -0.2) is 13.2 Å². The highest BCUT2D eigenvalue weighted by Gasteiger charge is 2.20. The highest BCUT2D eigenvalue weighted by molar-refractivity contribution is 7.92. The smallest absolute Gasteiger partial charge is 0.348 e. The summed E-state index contributed by atoms with van der Waals surface area (Å²) in [6.45, 7) is 3.73. The number of para-hydroxylation sites is 1. The molecule has 0 radical (unpaired) electrons. The van der Waals surface area contributed by atoms with Crippen molar-refractivity contribution in [2.75, 3.05) is 16.6 Å². The van der Waals surface area contributed by atoms with Crippen molar-refractivity contribution in [3.05, 3.63) is 76.7 Å². The van der Waals surface area contributed by atoms with Gasteiger partial charge in [0.25, 0.3) is 15.9 Å². The Bertz CT molecular complexity index is 1170. The van der Waals surface area contributed by atoms with E-state index in [1.54, 1.807) is 50.2 Å². The van der Waals surface area contributed by atoms with Crippen molar-refractivity contribution < 1.29 is 22.7 Å². The molecule has 0 unspecified atom stereocenters. The van der Waals surface area contributed by atoms with E-state index in [1.807, 2.05) is 0 Å². The lowest BCUT2D eigenvalue weighted by Gasteiger charge is -2.12. The van der Waals surface area contributed by atoms with Gasteiger partial charge in [0, 0.05) is 0 Å². The average Bonchev–Trinajstić information content (AvgIpc) is 3.09. The van der Waals surface area contributed by atoms with E-state index < -0.39 is 21.9 Å². The van der Waals surface area contributed by atoms with Crippen molar-refractivity contribution in [3.8, 4) is 0 Å². The molecule has 1 amide bonds. The third-order valence-electron chi connectivity index (χ3n) is 4.08. The zero-order valence-corrected chi connectivity index (χ0v) is 18.0. The highest BCUT2D eigenvalue weighted by atomic mass is 32.2. The van der Waals surface area contributed by atoms with Crippen LogP contribution in [0.15, 0.2) is 65.6 Å². The third-order valence-corrected chi connectivity index (χ3v) is 6.60. The Morgan fingerprint density at radius 1 is 1.03 bits per heavy atom. The molecule has 7 nitrogen and oxygen atoms in total. The first-order valence-corrected chi connectivity index (χ1v) is 11.4. The van der Waals surface area contributed by atoms with Crippen LogP contribution in [0.2, 0.25) is 0 Å². The van der Waals surface area contributed by atoms with Crippen molar-refractivity contribution in [1.82, 2.24) is 0 Å². The Balaban J connectivity index is 1.83. The lowest BCUT2D eigenvalue weighted by molar-refractivity contribution is 0.0531. The van der Waals surface area contributed by atoms with Gasteiger partial charge in [0.1, 0.15) is 4.88 Å². The molecule has 0 bridgehead atoms. The normalized spacial score (nSPS) is 11.0. The molecule has 0 spiro atoms. The maximum atomic E-state index is 12.8. The van der Waals surface area contributed by atoms with Gasteiger partial charge in [-0.2, -0.15) is 0 Å². The predicted octanol–water partition coefficient (Wildman–Crippen LogP) is 4.29. The summed E-state index contributed by atoms with van der Waals surface area (Å²) in [5.74, 6) is -0.949. The van der Waals surface area contributed by atoms with Gasteiger partial charge in [-0.15, -0.1) is 11.3 Å². The van der Waals surface area contributed by atoms with Crippen LogP contribution in [0.5, 0.6) is 0 Å². The van der Waals surface area contributed by atoms with Gasteiger partial charge in [-0.1, -0.05) is 30.3 Å². The van der Waals surface area contributed by atoms with Crippen molar-refractivity contribution in [3.63, 3.8) is 0 Å². The molecule has 3 aromatic rings. The Morgan fingerprint density at radius 2 is 1.70 bits per heavy atom. The van der Waals surface area contributed by atoms with E-state index in [9.17, 15) is 18.0 Å². The second-order valence-electron chi connectivity index (χ2n) is 6.26. The van der Waals surface area contributed by atoms with Crippen molar-refractivity contribution in [2.24, 2.45) is 0 Å². The van der Waals surface area contributed by atoms with Crippen LogP contribution in [0.3, 0.4) is 0 Å². The summed E-state index contributed by atoms with van der Waals surface area (Å²) in [5.41, 5.74) is 0.991. The van der Waals surface area contributed by atoms with Crippen molar-refractivity contribution in [1.29, 1.82) is 0 Å². The maximum Gasteiger partial charge on any atom is 0.348 e. The molecule has 0 aliphatic rings. The first-order valence-electron chi connectivity index (χ1n) is 9.07. The standard InChI is InChI=1S/C21H20N2O5S2/c1-3-28-21(25)19-14(2)13-18(29-19)22-20(24)16-11-7-8-12-17(16)23-30(26,27)15-9-5-4-6-10-15/h4-13,23H,3H2,1-2H3,(H,22,24). The van der Waals surface area contributed by atoms with Crippen molar-refractivity contribution >= 4 is 43.9 Å². The Hall–Kier alpha value is -3.17. The number of aryl methyl sites for hydroxylation is 1. The van der Waals surface area contributed by atoms with E-state index in [0.717, 1.165) is 11.3 Å². The molecule has 2 N–H and O–H groups in total. The minimum Gasteiger partial charge on any atom is -0.462 e. The number of sulfonamides is 1. The van der Waals surface area contributed by atoms with Gasteiger partial charge in [0.15, 0.2) is 0 Å². The predicted molar refractivity (Wildman–Crippen MR) is 117 cm³/mol. The molecule has 0 aliphatic heterocycles. The second kappa shape index (κ2) is 9.10. The lowest BCUT2D eigenvalue weighted by atomic mass is 10.1. The number of esters is 1. The molecular formula is C21H20N2O5S2. The number of carbonyl (C=O) groups excluding carboxylic acids is 2. The molecule has 1 aromatic heterocycles. The van der Waals surface area contributed by atoms with Crippen molar-refractivity contribution in [2.45, 2.75) is 18.7 Å². The summed E-state index contributed by atoms with van der Waals surface area (Å²) in [5, 5.41) is 3.18. The fourth-order valence-electron chi connectivity index (χ4n) is 2.70. The summed E-state index contributed by atoms with van der Waals surface area (Å²) in [6.07, 6.45) is 0.